The maximum Gasteiger partial charge on any atom is 0.0431 e. The van der Waals surface area contributed by atoms with E-state index >= 15 is 0 Å². The van der Waals surface area contributed by atoms with Crippen LogP contribution < -0.4 is 5.32 Å². The summed E-state index contributed by atoms with van der Waals surface area (Å²) in [5, 5.41) is 12.0. The molecule has 78 valence electrons. The van der Waals surface area contributed by atoms with Crippen molar-refractivity contribution in [2.45, 2.75) is 26.7 Å². The Morgan fingerprint density at radius 3 is 2.71 bits per heavy atom. The Morgan fingerprint density at radius 1 is 1.21 bits per heavy atom. The molecule has 0 unspecified atom stereocenters. The minimum Gasteiger partial charge on any atom is -0.396 e. The van der Waals surface area contributed by atoms with Gasteiger partial charge in [0.1, 0.15) is 0 Å². The Hall–Kier alpha value is -1.02. The standard InChI is InChI=1S/C12H19NO/c1-10-5-6-11(2)12(9-10)13-7-3-4-8-14/h5-6,9,13-14H,3-4,7-8H2,1-2H3. The molecule has 1 aromatic rings. The zero-order valence-electron chi connectivity index (χ0n) is 9.01. The monoisotopic (exact) mass is 193 g/mol. The molecule has 0 aromatic heterocycles. The van der Waals surface area contributed by atoms with Gasteiger partial charge >= 0.3 is 0 Å². The molecular weight excluding hydrogens is 174 g/mol. The minimum atomic E-state index is 0.286. The van der Waals surface area contributed by atoms with Gasteiger partial charge in [-0.25, -0.2) is 0 Å². The first kappa shape index (κ1) is 11.1. The Balaban J connectivity index is 2.45. The fourth-order valence-electron chi connectivity index (χ4n) is 1.39. The predicted octanol–water partition coefficient (Wildman–Crippen LogP) is 2.49. The highest BCUT2D eigenvalue weighted by molar-refractivity contribution is 5.52. The van der Waals surface area contributed by atoms with E-state index in [1.807, 2.05) is 0 Å². The van der Waals surface area contributed by atoms with Crippen LogP contribution in [0.3, 0.4) is 0 Å². The molecule has 1 aromatic carbocycles. The number of anilines is 1. The first-order valence-electron chi connectivity index (χ1n) is 5.16. The van der Waals surface area contributed by atoms with E-state index < -0.39 is 0 Å². The number of nitrogens with one attached hydrogen (secondary N) is 1. The highest BCUT2D eigenvalue weighted by atomic mass is 16.2. The molecule has 0 bridgehead atoms. The quantitative estimate of drug-likeness (QED) is 0.704. The number of rotatable bonds is 5. The highest BCUT2D eigenvalue weighted by Gasteiger charge is 1.96. The molecule has 0 heterocycles. The van der Waals surface area contributed by atoms with Gasteiger partial charge in [-0.2, -0.15) is 0 Å². The van der Waals surface area contributed by atoms with Gasteiger partial charge in [-0.15, -0.1) is 0 Å². The zero-order valence-corrected chi connectivity index (χ0v) is 9.01. The molecule has 0 radical (unpaired) electrons. The first-order valence-corrected chi connectivity index (χ1v) is 5.16. The molecule has 0 fully saturated rings. The van der Waals surface area contributed by atoms with E-state index in [-0.39, 0.29) is 6.61 Å². The van der Waals surface area contributed by atoms with E-state index in [9.17, 15) is 0 Å². The molecule has 0 aliphatic carbocycles. The molecule has 0 amide bonds. The Morgan fingerprint density at radius 2 is 2.00 bits per heavy atom. The van der Waals surface area contributed by atoms with Crippen molar-refractivity contribution in [1.82, 2.24) is 0 Å². The van der Waals surface area contributed by atoms with Crippen molar-refractivity contribution in [1.29, 1.82) is 0 Å². The Labute approximate surface area is 86.0 Å². The van der Waals surface area contributed by atoms with Crippen LogP contribution in [0.4, 0.5) is 5.69 Å². The number of unbranched alkanes of at least 4 members (excludes halogenated alkanes) is 1. The summed E-state index contributed by atoms with van der Waals surface area (Å²) in [5.74, 6) is 0. The van der Waals surface area contributed by atoms with E-state index in [4.69, 9.17) is 5.11 Å². The van der Waals surface area contributed by atoms with Crippen LogP contribution in [0.25, 0.3) is 0 Å². The second kappa shape index (κ2) is 5.66. The number of aliphatic hydroxyl groups is 1. The Bertz CT molecular complexity index is 284. The maximum absolute atomic E-state index is 8.63. The lowest BCUT2D eigenvalue weighted by atomic mass is 10.1. The summed E-state index contributed by atoms with van der Waals surface area (Å²) in [6.45, 7) is 5.42. The lowest BCUT2D eigenvalue weighted by molar-refractivity contribution is 0.286. The van der Waals surface area contributed by atoms with Crippen molar-refractivity contribution in [2.75, 3.05) is 18.5 Å². The summed E-state index contributed by atoms with van der Waals surface area (Å²) in [7, 11) is 0. The van der Waals surface area contributed by atoms with Gasteiger partial charge in [0.25, 0.3) is 0 Å². The largest absolute Gasteiger partial charge is 0.396 e. The molecule has 2 nitrogen and oxygen atoms in total. The van der Waals surface area contributed by atoms with Gasteiger partial charge in [-0.1, -0.05) is 12.1 Å². The molecule has 0 aliphatic rings. The molecule has 0 atom stereocenters. The van der Waals surface area contributed by atoms with Crippen LogP contribution in [0.5, 0.6) is 0 Å². The van der Waals surface area contributed by atoms with Crippen molar-refractivity contribution in [3.05, 3.63) is 29.3 Å². The van der Waals surface area contributed by atoms with Gasteiger partial charge < -0.3 is 10.4 Å². The average Bonchev–Trinajstić information content (AvgIpc) is 2.18. The molecular formula is C12H19NO. The van der Waals surface area contributed by atoms with Gasteiger partial charge in [0.2, 0.25) is 0 Å². The molecule has 2 heteroatoms. The summed E-state index contributed by atoms with van der Waals surface area (Å²) in [6.07, 6.45) is 1.89. The number of benzene rings is 1. The smallest absolute Gasteiger partial charge is 0.0431 e. The van der Waals surface area contributed by atoms with E-state index in [0.717, 1.165) is 19.4 Å². The van der Waals surface area contributed by atoms with Crippen LogP contribution in [0.15, 0.2) is 18.2 Å². The lowest BCUT2D eigenvalue weighted by Crippen LogP contribution is -2.03. The van der Waals surface area contributed by atoms with Gasteiger partial charge in [0, 0.05) is 18.8 Å². The molecule has 0 spiro atoms. The van der Waals surface area contributed by atoms with Gasteiger partial charge in [-0.3, -0.25) is 0 Å². The molecule has 0 saturated heterocycles. The Kier molecular flexibility index (Phi) is 4.47. The predicted molar refractivity (Wildman–Crippen MR) is 60.7 cm³/mol. The summed E-state index contributed by atoms with van der Waals surface area (Å²) >= 11 is 0. The van der Waals surface area contributed by atoms with Gasteiger partial charge in [0.15, 0.2) is 0 Å². The summed E-state index contributed by atoms with van der Waals surface area (Å²) in [6, 6.07) is 6.41. The van der Waals surface area contributed by atoms with Crippen molar-refractivity contribution in [3.8, 4) is 0 Å². The number of hydrogen-bond donors (Lipinski definition) is 2. The van der Waals surface area contributed by atoms with Crippen LogP contribution >= 0.6 is 0 Å². The van der Waals surface area contributed by atoms with Gasteiger partial charge in [0.05, 0.1) is 0 Å². The number of hydrogen-bond acceptors (Lipinski definition) is 2. The highest BCUT2D eigenvalue weighted by Crippen LogP contribution is 2.16. The van der Waals surface area contributed by atoms with Crippen molar-refractivity contribution in [2.24, 2.45) is 0 Å². The molecule has 0 aliphatic heterocycles. The second-order valence-electron chi connectivity index (χ2n) is 3.68. The van der Waals surface area contributed by atoms with Crippen LogP contribution in [0, 0.1) is 13.8 Å². The van der Waals surface area contributed by atoms with E-state index in [1.54, 1.807) is 0 Å². The summed E-state index contributed by atoms with van der Waals surface area (Å²) < 4.78 is 0. The number of aliphatic hydroxyl groups excluding tert-OH is 1. The summed E-state index contributed by atoms with van der Waals surface area (Å²) in [5.41, 5.74) is 3.77. The van der Waals surface area contributed by atoms with Crippen molar-refractivity contribution < 1.29 is 5.11 Å². The average molecular weight is 193 g/mol. The van der Waals surface area contributed by atoms with Crippen LogP contribution in [-0.4, -0.2) is 18.3 Å². The normalized spacial score (nSPS) is 10.2. The summed E-state index contributed by atoms with van der Waals surface area (Å²) in [4.78, 5) is 0. The topological polar surface area (TPSA) is 32.3 Å². The second-order valence-corrected chi connectivity index (χ2v) is 3.68. The third-order valence-corrected chi connectivity index (χ3v) is 2.29. The third-order valence-electron chi connectivity index (χ3n) is 2.29. The fraction of sp³-hybridized carbons (Fsp3) is 0.500. The molecule has 1 rings (SSSR count). The van der Waals surface area contributed by atoms with Crippen LogP contribution in [-0.2, 0) is 0 Å². The SMILES string of the molecule is Cc1ccc(C)c(NCCCCO)c1. The third kappa shape index (κ3) is 3.38. The van der Waals surface area contributed by atoms with E-state index in [2.05, 4.69) is 37.4 Å². The zero-order chi connectivity index (χ0) is 10.4. The molecule has 2 N–H and O–H groups in total. The van der Waals surface area contributed by atoms with Crippen LogP contribution in [0.1, 0.15) is 24.0 Å². The van der Waals surface area contributed by atoms with E-state index in [1.165, 1.54) is 16.8 Å². The van der Waals surface area contributed by atoms with Crippen molar-refractivity contribution >= 4 is 5.69 Å². The molecule has 0 saturated carbocycles. The lowest BCUT2D eigenvalue weighted by Gasteiger charge is -2.09. The van der Waals surface area contributed by atoms with Crippen molar-refractivity contribution in [3.63, 3.8) is 0 Å². The maximum atomic E-state index is 8.63. The van der Waals surface area contributed by atoms with Crippen LogP contribution in [0.2, 0.25) is 0 Å². The fourth-order valence-corrected chi connectivity index (χ4v) is 1.39. The van der Waals surface area contributed by atoms with Gasteiger partial charge in [-0.05, 0) is 43.9 Å². The number of aryl methyl sites for hydroxylation is 2. The van der Waals surface area contributed by atoms with E-state index in [0.29, 0.717) is 0 Å². The minimum absolute atomic E-state index is 0.286. The first-order chi connectivity index (χ1) is 6.74. The molecule has 14 heavy (non-hydrogen) atoms.